The Morgan fingerprint density at radius 3 is 1.93 bits per heavy atom. The number of rotatable bonds is 10. The van der Waals surface area contributed by atoms with Crippen molar-refractivity contribution >= 4 is 44.6 Å². The van der Waals surface area contributed by atoms with E-state index in [1.54, 1.807) is 45.2 Å². The summed E-state index contributed by atoms with van der Waals surface area (Å²) in [4.78, 5) is 9.03. The summed E-state index contributed by atoms with van der Waals surface area (Å²) >= 11 is 0. The number of pyridine rings is 1. The Balaban J connectivity index is 0.978. The molecule has 13 rings (SSSR count). The van der Waals surface area contributed by atoms with Gasteiger partial charge in [-0.15, -0.1) is 0 Å². The van der Waals surface area contributed by atoms with Gasteiger partial charge in [0.1, 0.15) is 24.0 Å². The molecule has 11 aromatic rings. The first-order chi connectivity index (χ1) is 46.0. The van der Waals surface area contributed by atoms with Gasteiger partial charge in [-0.1, -0.05) is 215 Å². The highest BCUT2D eigenvalue weighted by Crippen LogP contribution is 2.53. The van der Waals surface area contributed by atoms with Gasteiger partial charge in [0, 0.05) is 58.3 Å². The average molecular weight is 1100 g/mol. The second-order valence-corrected chi connectivity index (χ2v) is 25.4. The monoisotopic (exact) mass is 1100 g/mol. The molecular formula is C78H76N4O. The van der Waals surface area contributed by atoms with Crippen LogP contribution in [0.15, 0.2) is 212 Å². The summed E-state index contributed by atoms with van der Waals surface area (Å²) < 4.78 is 152. The van der Waals surface area contributed by atoms with Gasteiger partial charge in [-0.25, -0.2) is 4.98 Å². The Bertz CT molecular complexity index is 5090. The zero-order valence-electron chi connectivity index (χ0n) is 63.8. The molecule has 0 radical (unpaired) electrons. The quantitative estimate of drug-likeness (QED) is 0.137. The third-order valence-corrected chi connectivity index (χ3v) is 16.3. The zero-order valence-corrected chi connectivity index (χ0v) is 48.8. The summed E-state index contributed by atoms with van der Waals surface area (Å²) in [6, 6.07) is 41.3. The van der Waals surface area contributed by atoms with E-state index in [1.165, 1.54) is 0 Å². The van der Waals surface area contributed by atoms with Crippen molar-refractivity contribution in [2.45, 2.75) is 112 Å². The molecular weight excluding hydrogens is 1010 g/mol. The third-order valence-electron chi connectivity index (χ3n) is 16.3. The molecule has 0 bridgehead atoms. The van der Waals surface area contributed by atoms with Crippen LogP contribution in [0.5, 0.6) is 11.5 Å². The predicted molar refractivity (Wildman–Crippen MR) is 351 cm³/mol. The molecule has 5 heteroatoms. The van der Waals surface area contributed by atoms with E-state index in [-0.39, 0.29) is 58.3 Å². The van der Waals surface area contributed by atoms with Gasteiger partial charge in [0.15, 0.2) is 0 Å². The van der Waals surface area contributed by atoms with E-state index in [0.717, 1.165) is 33.8 Å². The van der Waals surface area contributed by atoms with Crippen LogP contribution in [0, 0.1) is 12.3 Å². The van der Waals surface area contributed by atoms with Gasteiger partial charge < -0.3 is 14.5 Å². The molecule has 414 valence electrons. The van der Waals surface area contributed by atoms with Crippen LogP contribution in [-0.2, 0) is 22.6 Å². The van der Waals surface area contributed by atoms with E-state index in [4.69, 9.17) is 16.6 Å². The summed E-state index contributed by atoms with van der Waals surface area (Å²) in [6.07, 6.45) is 1.40. The summed E-state index contributed by atoms with van der Waals surface area (Å²) in [7, 11) is 0. The lowest BCUT2D eigenvalue weighted by molar-refractivity contribution is 0.332. The number of fused-ring (bicyclic) bond motifs is 5. The van der Waals surface area contributed by atoms with Crippen LogP contribution >= 0.6 is 0 Å². The summed E-state index contributed by atoms with van der Waals surface area (Å²) in [6.45, 7) is 15.9. The maximum atomic E-state index is 10.3. The molecule has 0 fully saturated rings. The maximum Gasteiger partial charge on any atom is 0.137 e. The molecule has 0 N–H and O–H groups in total. The molecule has 0 saturated heterocycles. The fourth-order valence-corrected chi connectivity index (χ4v) is 11.9. The van der Waals surface area contributed by atoms with Crippen LogP contribution in [-0.4, -0.2) is 16.2 Å². The van der Waals surface area contributed by atoms with Crippen molar-refractivity contribution in [3.05, 3.63) is 240 Å². The number of hydrogen-bond acceptors (Lipinski definition) is 4. The third kappa shape index (κ3) is 9.98. The van der Waals surface area contributed by atoms with E-state index in [2.05, 4.69) is 6.07 Å². The smallest absolute Gasteiger partial charge is 0.137 e. The number of aromatic nitrogens is 2. The number of nitrogens with zero attached hydrogens (tertiary/aromatic N) is 4. The Morgan fingerprint density at radius 2 is 1.19 bits per heavy atom. The summed E-state index contributed by atoms with van der Waals surface area (Å²) in [5.41, 5.74) is 2.84. The standard InChI is InChI=1S/C78H76N4O/c1-51-43-54(33-38-61(51)53-31-35-57(36-32-53)76(5,6)7)62-26-20-27-63(55-34-40-67-68(44-55)78(10,11)42-41-77(67,8)9)74(62)81-50-80(70-29-17-18-30-71(70)81)58-23-19-24-59(46-58)83-60-37-39-65-64-25-15-16-28-69(64)82(72(65)47-60)73-45-56(48-75(2,3)4)66(49-79-73)52-21-13-12-14-22-52/h12-40,43-47,49H,41-42,48,50H2,1-11H3/i1D3,31D,32D,33D,34D,35D,36D,38D,40D,43D,44D,48D2. The van der Waals surface area contributed by atoms with Crippen molar-refractivity contribution in [2.24, 2.45) is 5.41 Å². The van der Waals surface area contributed by atoms with Crippen LogP contribution < -0.4 is 14.5 Å². The lowest BCUT2D eigenvalue weighted by Gasteiger charge is -2.42. The topological polar surface area (TPSA) is 33.5 Å². The molecule has 0 spiro atoms. The van der Waals surface area contributed by atoms with Crippen LogP contribution in [0.3, 0.4) is 0 Å². The molecule has 0 atom stereocenters. The van der Waals surface area contributed by atoms with Crippen molar-refractivity contribution < 1.29 is 25.3 Å². The van der Waals surface area contributed by atoms with Crippen molar-refractivity contribution in [1.82, 2.24) is 9.55 Å². The second-order valence-electron chi connectivity index (χ2n) is 25.4. The highest BCUT2D eigenvalue weighted by molar-refractivity contribution is 6.09. The van der Waals surface area contributed by atoms with Crippen LogP contribution in [0.25, 0.3) is 72.1 Å². The maximum absolute atomic E-state index is 10.3. The first kappa shape index (κ1) is 38.9. The van der Waals surface area contributed by atoms with E-state index in [1.807, 2.05) is 184 Å². The van der Waals surface area contributed by atoms with E-state index in [9.17, 15) is 13.7 Å². The van der Waals surface area contributed by atoms with E-state index < -0.39 is 93.9 Å². The Kier molecular flexibility index (Phi) is 9.54. The minimum Gasteiger partial charge on any atom is -0.457 e. The molecule has 3 heterocycles. The van der Waals surface area contributed by atoms with Crippen LogP contribution in [0.1, 0.15) is 130 Å². The molecule has 0 saturated carbocycles. The molecule has 9 aromatic carbocycles. The molecule has 0 unspecified atom stereocenters. The van der Waals surface area contributed by atoms with E-state index >= 15 is 0 Å². The van der Waals surface area contributed by atoms with Gasteiger partial charge in [-0.3, -0.25) is 4.57 Å². The van der Waals surface area contributed by atoms with E-state index in [0.29, 0.717) is 63.1 Å². The van der Waals surface area contributed by atoms with Crippen LogP contribution in [0.4, 0.5) is 22.7 Å². The Labute approximate surface area is 513 Å². The van der Waals surface area contributed by atoms with Gasteiger partial charge in [-0.2, -0.15) is 0 Å². The zero-order chi connectivity index (χ0) is 70.6. The minimum atomic E-state index is -3.22. The first-order valence-corrected chi connectivity index (χ1v) is 28.5. The summed E-state index contributed by atoms with van der Waals surface area (Å²) in [5, 5.41) is 1.90. The molecule has 83 heavy (non-hydrogen) atoms. The molecule has 5 nitrogen and oxygen atoms in total. The minimum absolute atomic E-state index is 0.0175. The Hall–Kier alpha value is -8.67. The van der Waals surface area contributed by atoms with Crippen molar-refractivity contribution in [3.63, 3.8) is 0 Å². The van der Waals surface area contributed by atoms with Gasteiger partial charge in [0.25, 0.3) is 0 Å². The number of benzene rings is 9. The molecule has 1 aliphatic heterocycles. The fourth-order valence-electron chi connectivity index (χ4n) is 11.9. The molecule has 2 aliphatic rings. The lowest BCUT2D eigenvalue weighted by atomic mass is 9.63. The number of para-hydroxylation sites is 4. The largest absolute Gasteiger partial charge is 0.457 e. The lowest BCUT2D eigenvalue weighted by Crippen LogP contribution is -2.33. The van der Waals surface area contributed by atoms with Crippen molar-refractivity contribution in [3.8, 4) is 61.8 Å². The molecule has 1 aliphatic carbocycles. The normalized spacial score (nSPS) is 17.6. The summed E-state index contributed by atoms with van der Waals surface area (Å²) in [5.74, 6) is 1.51. The second kappa shape index (κ2) is 20.3. The van der Waals surface area contributed by atoms with Crippen molar-refractivity contribution in [1.29, 1.82) is 0 Å². The number of anilines is 4. The average Bonchev–Trinajstić information content (AvgIpc) is 1.02. The van der Waals surface area contributed by atoms with Crippen molar-refractivity contribution in [2.75, 3.05) is 16.5 Å². The fraction of sp³-hybridized carbons (Fsp3) is 0.244. The highest BCUT2D eigenvalue weighted by atomic mass is 16.5. The Morgan fingerprint density at radius 1 is 0.554 bits per heavy atom. The highest BCUT2D eigenvalue weighted by Gasteiger charge is 2.38. The molecule has 2 aromatic heterocycles. The van der Waals surface area contributed by atoms with Gasteiger partial charge in [-0.05, 0) is 152 Å². The number of hydrogen-bond donors (Lipinski definition) is 0. The predicted octanol–water partition coefficient (Wildman–Crippen LogP) is 21.4. The van der Waals surface area contributed by atoms with Gasteiger partial charge in [0.05, 0.1) is 41.8 Å². The van der Waals surface area contributed by atoms with Gasteiger partial charge in [0.2, 0.25) is 0 Å². The number of ether oxygens (including phenoxy) is 1. The molecule has 0 amide bonds. The SMILES string of the molecule is [2H]c1c([2H])c(-c2c([2H])c([2H])c(C(C)(C)C)c([2H])c2[2H])c(C([2H])([2H])[2H])c([2H])c1-c1cccc(-c2c([2H])c([2H])c3c(c2[2H])C(C)(C)CCC3(C)C)c1N1CN(c2cccc(Oc3ccc4c5ccccc5n(-c5cc(C([2H])([2H])C(C)(C)C)c(-c6ccccc6)cn5)c4c3)c2)c2ccccc21. The van der Waals surface area contributed by atoms with Gasteiger partial charge >= 0.3 is 0 Å². The van der Waals surface area contributed by atoms with Crippen LogP contribution in [0.2, 0.25) is 0 Å². The first-order valence-electron chi connectivity index (χ1n) is 36.0.